The number of hydrazone groups is 1. The molecule has 2 rings (SSSR count). The minimum Gasteiger partial charge on any atom is -0.267 e. The Bertz CT molecular complexity index is 682. The van der Waals surface area contributed by atoms with Crippen molar-refractivity contribution in [1.29, 1.82) is 0 Å². The van der Waals surface area contributed by atoms with E-state index in [1.807, 2.05) is 0 Å². The topological polar surface area (TPSA) is 84.6 Å². The highest BCUT2D eigenvalue weighted by molar-refractivity contribution is 5.95. The lowest BCUT2D eigenvalue weighted by Crippen LogP contribution is -2.17. The van der Waals surface area contributed by atoms with E-state index in [1.165, 1.54) is 54.7 Å². The molecule has 6 nitrogen and oxygen atoms in total. The van der Waals surface area contributed by atoms with Gasteiger partial charge in [0.15, 0.2) is 0 Å². The fourth-order valence-electron chi connectivity index (χ4n) is 1.51. The van der Waals surface area contributed by atoms with E-state index in [0.29, 0.717) is 5.56 Å². The lowest BCUT2D eigenvalue weighted by atomic mass is 10.2. The van der Waals surface area contributed by atoms with Crippen LogP contribution in [-0.4, -0.2) is 17.0 Å². The lowest BCUT2D eigenvalue weighted by Gasteiger charge is -1.99. The molecule has 1 amide bonds. The Kier molecular flexibility index (Phi) is 4.35. The largest absolute Gasteiger partial charge is 0.271 e. The zero-order valence-corrected chi connectivity index (χ0v) is 10.7. The maximum atomic E-state index is 12.7. The second-order valence-corrected chi connectivity index (χ2v) is 4.05. The number of amides is 1. The maximum absolute atomic E-state index is 12.7. The van der Waals surface area contributed by atoms with Crippen LogP contribution in [0.5, 0.6) is 0 Å². The minimum atomic E-state index is -0.547. The molecule has 0 radical (unpaired) electrons. The van der Waals surface area contributed by atoms with Gasteiger partial charge in [0, 0.05) is 17.7 Å². The first kappa shape index (κ1) is 14.3. The zero-order chi connectivity index (χ0) is 15.2. The Morgan fingerprint density at radius 3 is 2.33 bits per heavy atom. The molecular weight excluding hydrogens is 277 g/mol. The molecule has 0 unspecified atom stereocenters. The molecule has 2 aromatic carbocycles. The predicted octanol–water partition coefficient (Wildman–Crippen LogP) is 2.50. The summed E-state index contributed by atoms with van der Waals surface area (Å²) in [4.78, 5) is 21.7. The quantitative estimate of drug-likeness (QED) is 0.532. The van der Waals surface area contributed by atoms with Gasteiger partial charge in [-0.1, -0.05) is 12.1 Å². The van der Waals surface area contributed by atoms with Crippen LogP contribution in [0.3, 0.4) is 0 Å². The highest BCUT2D eigenvalue weighted by atomic mass is 19.1. The molecule has 0 fully saturated rings. The Morgan fingerprint density at radius 2 is 1.76 bits per heavy atom. The lowest BCUT2D eigenvalue weighted by molar-refractivity contribution is -0.384. The van der Waals surface area contributed by atoms with Gasteiger partial charge < -0.3 is 0 Å². The van der Waals surface area contributed by atoms with E-state index < -0.39 is 10.8 Å². The highest BCUT2D eigenvalue weighted by Gasteiger charge is 2.08. The molecule has 0 saturated carbocycles. The van der Waals surface area contributed by atoms with Crippen LogP contribution in [0.1, 0.15) is 15.9 Å². The van der Waals surface area contributed by atoms with Gasteiger partial charge in [-0.25, -0.2) is 9.82 Å². The van der Waals surface area contributed by atoms with Crippen molar-refractivity contribution in [3.05, 3.63) is 75.6 Å². The minimum absolute atomic E-state index is 0.0960. The number of nitro benzene ring substituents is 1. The number of nitro groups is 1. The molecule has 2 aromatic rings. The second-order valence-electron chi connectivity index (χ2n) is 4.05. The van der Waals surface area contributed by atoms with Gasteiger partial charge in [-0.05, 0) is 29.8 Å². The molecule has 0 heterocycles. The van der Waals surface area contributed by atoms with E-state index in [2.05, 4.69) is 10.5 Å². The van der Waals surface area contributed by atoms with Gasteiger partial charge in [-0.2, -0.15) is 5.10 Å². The summed E-state index contributed by atoms with van der Waals surface area (Å²) in [6.45, 7) is 0. The number of nitrogens with zero attached hydrogens (tertiary/aromatic N) is 2. The van der Waals surface area contributed by atoms with Gasteiger partial charge in [-0.15, -0.1) is 0 Å². The number of non-ortho nitro benzene ring substituents is 1. The van der Waals surface area contributed by atoms with Crippen LogP contribution in [0.4, 0.5) is 10.1 Å². The summed E-state index contributed by atoms with van der Waals surface area (Å²) in [6, 6.07) is 10.7. The van der Waals surface area contributed by atoms with Crippen molar-refractivity contribution >= 4 is 17.8 Å². The summed E-state index contributed by atoms with van der Waals surface area (Å²) in [5.41, 5.74) is 3.05. The van der Waals surface area contributed by atoms with Crippen molar-refractivity contribution in [2.45, 2.75) is 0 Å². The average Bonchev–Trinajstić information content (AvgIpc) is 2.49. The van der Waals surface area contributed by atoms with Crippen molar-refractivity contribution in [2.75, 3.05) is 0 Å². The van der Waals surface area contributed by atoms with Crippen molar-refractivity contribution < 1.29 is 14.1 Å². The summed E-state index contributed by atoms with van der Waals surface area (Å²) in [7, 11) is 0. The van der Waals surface area contributed by atoms with Crippen LogP contribution in [0.15, 0.2) is 53.6 Å². The smallest absolute Gasteiger partial charge is 0.267 e. The normalized spacial score (nSPS) is 10.5. The van der Waals surface area contributed by atoms with Crippen LogP contribution < -0.4 is 5.43 Å². The van der Waals surface area contributed by atoms with Crippen LogP contribution in [0, 0.1) is 15.9 Å². The maximum Gasteiger partial charge on any atom is 0.271 e. The van der Waals surface area contributed by atoms with E-state index in [4.69, 9.17) is 0 Å². The number of rotatable bonds is 4. The Hall–Kier alpha value is -3.09. The van der Waals surface area contributed by atoms with Crippen LogP contribution in [0.25, 0.3) is 0 Å². The Morgan fingerprint density at radius 1 is 1.14 bits per heavy atom. The fraction of sp³-hybridized carbons (Fsp3) is 0. The summed E-state index contributed by atoms with van der Waals surface area (Å²) < 4.78 is 12.7. The van der Waals surface area contributed by atoms with E-state index >= 15 is 0 Å². The number of carbonyl (C=O) groups excluding carboxylic acids is 1. The van der Waals surface area contributed by atoms with Crippen LogP contribution in [-0.2, 0) is 0 Å². The summed E-state index contributed by atoms with van der Waals surface area (Å²) in [5, 5.41) is 14.2. The number of halogens is 1. The molecule has 0 aliphatic heterocycles. The van der Waals surface area contributed by atoms with Gasteiger partial charge in [0.1, 0.15) is 5.82 Å². The van der Waals surface area contributed by atoms with Gasteiger partial charge in [0.05, 0.1) is 11.1 Å². The van der Waals surface area contributed by atoms with Gasteiger partial charge in [-0.3, -0.25) is 14.9 Å². The molecule has 0 aliphatic carbocycles. The van der Waals surface area contributed by atoms with E-state index in [1.54, 1.807) is 0 Å². The number of benzene rings is 2. The Balaban J connectivity index is 1.98. The molecule has 0 spiro atoms. The molecule has 0 atom stereocenters. The molecule has 0 bridgehead atoms. The third-order valence-electron chi connectivity index (χ3n) is 2.59. The molecular formula is C14H10FN3O3. The second kappa shape index (κ2) is 6.38. The van der Waals surface area contributed by atoms with E-state index in [0.717, 1.165) is 0 Å². The molecule has 0 aliphatic rings. The third-order valence-corrected chi connectivity index (χ3v) is 2.59. The SMILES string of the molecule is O=C(N/N=C/c1ccc(F)cc1)c1ccc([N+](=O)[O-])cc1. The first-order chi connectivity index (χ1) is 10.1. The summed E-state index contributed by atoms with van der Waals surface area (Å²) in [5.74, 6) is -0.856. The monoisotopic (exact) mass is 287 g/mol. The fourth-order valence-corrected chi connectivity index (χ4v) is 1.51. The molecule has 0 aromatic heterocycles. The van der Waals surface area contributed by atoms with Crippen molar-refractivity contribution in [1.82, 2.24) is 5.43 Å². The number of carbonyl (C=O) groups is 1. The highest BCUT2D eigenvalue weighted by Crippen LogP contribution is 2.11. The number of hydrogen-bond acceptors (Lipinski definition) is 4. The van der Waals surface area contributed by atoms with Gasteiger partial charge >= 0.3 is 0 Å². The average molecular weight is 287 g/mol. The third kappa shape index (κ3) is 3.93. The summed E-state index contributed by atoms with van der Waals surface area (Å²) >= 11 is 0. The van der Waals surface area contributed by atoms with Crippen LogP contribution in [0.2, 0.25) is 0 Å². The number of nitrogens with one attached hydrogen (secondary N) is 1. The molecule has 21 heavy (non-hydrogen) atoms. The van der Waals surface area contributed by atoms with Crippen molar-refractivity contribution in [2.24, 2.45) is 5.10 Å². The van der Waals surface area contributed by atoms with Crippen molar-refractivity contribution in [3.8, 4) is 0 Å². The van der Waals surface area contributed by atoms with E-state index in [9.17, 15) is 19.3 Å². The molecule has 7 heteroatoms. The van der Waals surface area contributed by atoms with Gasteiger partial charge in [0.2, 0.25) is 0 Å². The first-order valence-corrected chi connectivity index (χ1v) is 5.90. The predicted molar refractivity (Wildman–Crippen MR) is 74.6 cm³/mol. The molecule has 1 N–H and O–H groups in total. The zero-order valence-electron chi connectivity index (χ0n) is 10.7. The molecule has 106 valence electrons. The first-order valence-electron chi connectivity index (χ1n) is 5.90. The Labute approximate surface area is 119 Å². The molecule has 0 saturated heterocycles. The standard InChI is InChI=1S/C14H10FN3O3/c15-12-5-1-10(2-6-12)9-16-17-14(19)11-3-7-13(8-4-11)18(20)21/h1-9H,(H,17,19)/b16-9+. The van der Waals surface area contributed by atoms with Crippen molar-refractivity contribution in [3.63, 3.8) is 0 Å². The van der Waals surface area contributed by atoms with Crippen LogP contribution >= 0.6 is 0 Å². The summed E-state index contributed by atoms with van der Waals surface area (Å²) in [6.07, 6.45) is 1.36. The van der Waals surface area contributed by atoms with E-state index in [-0.39, 0.29) is 17.1 Å². The number of hydrogen-bond donors (Lipinski definition) is 1. The van der Waals surface area contributed by atoms with Gasteiger partial charge in [0.25, 0.3) is 11.6 Å².